The van der Waals surface area contributed by atoms with Gasteiger partial charge in [-0.05, 0) is 37.7 Å². The van der Waals surface area contributed by atoms with Gasteiger partial charge in [-0.15, -0.1) is 0 Å². The van der Waals surface area contributed by atoms with Crippen molar-refractivity contribution in [2.24, 2.45) is 0 Å². The summed E-state index contributed by atoms with van der Waals surface area (Å²) in [7, 11) is 5.11. The van der Waals surface area contributed by atoms with Crippen LogP contribution in [0.15, 0.2) is 42.5 Å². The molecule has 26 heavy (non-hydrogen) atoms. The molecule has 0 aromatic heterocycles. The first-order valence-electron chi connectivity index (χ1n) is 8.37. The number of hydrogen-bond donors (Lipinski definition) is 1. The van der Waals surface area contributed by atoms with Crippen LogP contribution in [0.25, 0.3) is 0 Å². The fourth-order valence-corrected chi connectivity index (χ4v) is 3.02. The van der Waals surface area contributed by atoms with Crippen molar-refractivity contribution < 1.29 is 14.3 Å². The van der Waals surface area contributed by atoms with E-state index >= 15 is 0 Å². The van der Waals surface area contributed by atoms with Crippen LogP contribution in [-0.4, -0.2) is 38.6 Å². The molecule has 2 aromatic rings. The van der Waals surface area contributed by atoms with E-state index in [2.05, 4.69) is 5.32 Å². The minimum Gasteiger partial charge on any atom is -0.493 e. The van der Waals surface area contributed by atoms with Crippen LogP contribution in [0.1, 0.15) is 24.1 Å². The van der Waals surface area contributed by atoms with Gasteiger partial charge in [0.1, 0.15) is 0 Å². The molecule has 0 aliphatic rings. The maximum absolute atomic E-state index is 12.3. The first kappa shape index (κ1) is 20.1. The van der Waals surface area contributed by atoms with Gasteiger partial charge in [0.05, 0.1) is 26.8 Å². The fraction of sp³-hybridized carbons (Fsp3) is 0.350. The van der Waals surface area contributed by atoms with E-state index in [-0.39, 0.29) is 18.5 Å². The summed E-state index contributed by atoms with van der Waals surface area (Å²) in [5.41, 5.74) is 1.94. The van der Waals surface area contributed by atoms with Crippen molar-refractivity contribution in [1.29, 1.82) is 0 Å². The molecule has 2 rings (SSSR count). The zero-order chi connectivity index (χ0) is 19.1. The Hall–Kier alpha value is -2.24. The Labute approximate surface area is 159 Å². The Bertz CT molecular complexity index is 752. The van der Waals surface area contributed by atoms with Crippen molar-refractivity contribution in [3.63, 3.8) is 0 Å². The highest BCUT2D eigenvalue weighted by Crippen LogP contribution is 2.31. The molecule has 1 N–H and O–H groups in total. The molecular formula is C20H25ClN2O3. The van der Waals surface area contributed by atoms with Crippen LogP contribution in [0, 0.1) is 0 Å². The lowest BCUT2D eigenvalue weighted by Gasteiger charge is -2.21. The number of nitrogens with zero attached hydrogens (tertiary/aromatic N) is 1. The van der Waals surface area contributed by atoms with E-state index in [9.17, 15) is 4.79 Å². The molecular weight excluding hydrogens is 352 g/mol. The molecule has 0 heterocycles. The number of benzene rings is 2. The Morgan fingerprint density at radius 2 is 1.92 bits per heavy atom. The predicted octanol–water partition coefficient (Wildman–Crippen LogP) is 3.67. The molecule has 5 nitrogen and oxygen atoms in total. The molecule has 0 fully saturated rings. The summed E-state index contributed by atoms with van der Waals surface area (Å²) in [6.45, 7) is 2.78. The molecule has 0 saturated carbocycles. The van der Waals surface area contributed by atoms with Crippen molar-refractivity contribution in [1.82, 2.24) is 10.2 Å². The second-order valence-corrected chi connectivity index (χ2v) is 6.61. The first-order valence-corrected chi connectivity index (χ1v) is 8.75. The van der Waals surface area contributed by atoms with Crippen LogP contribution < -0.4 is 14.8 Å². The number of rotatable bonds is 8. The van der Waals surface area contributed by atoms with Crippen molar-refractivity contribution in [3.8, 4) is 11.5 Å². The Balaban J connectivity index is 1.95. The summed E-state index contributed by atoms with van der Waals surface area (Å²) in [6.07, 6.45) is 0. The Morgan fingerprint density at radius 1 is 1.19 bits per heavy atom. The van der Waals surface area contributed by atoms with Crippen molar-refractivity contribution >= 4 is 17.5 Å². The number of para-hydroxylation sites is 1. The average Bonchev–Trinajstić information content (AvgIpc) is 2.61. The van der Waals surface area contributed by atoms with Gasteiger partial charge in [0, 0.05) is 17.1 Å². The Kier molecular flexibility index (Phi) is 7.30. The second kappa shape index (κ2) is 9.46. The molecule has 0 aliphatic heterocycles. The summed E-state index contributed by atoms with van der Waals surface area (Å²) in [5.74, 6) is 1.31. The van der Waals surface area contributed by atoms with E-state index in [4.69, 9.17) is 21.1 Å². The third-order valence-electron chi connectivity index (χ3n) is 4.06. The molecule has 0 spiro atoms. The number of hydrogen-bond acceptors (Lipinski definition) is 4. The zero-order valence-electron chi connectivity index (χ0n) is 15.6. The van der Waals surface area contributed by atoms with E-state index in [0.717, 1.165) is 11.1 Å². The normalized spacial score (nSPS) is 11.9. The number of carbonyl (C=O) groups excluding carboxylic acids is 1. The monoisotopic (exact) mass is 376 g/mol. The lowest BCUT2D eigenvalue weighted by atomic mass is 10.1. The molecule has 6 heteroatoms. The van der Waals surface area contributed by atoms with E-state index in [1.165, 1.54) is 0 Å². The molecule has 2 aromatic carbocycles. The molecule has 0 radical (unpaired) electrons. The largest absolute Gasteiger partial charge is 0.493 e. The SMILES string of the molecule is COc1cccc(CN(C)CC(=O)NC(C)c2cccc(Cl)c2)c1OC. The number of methoxy groups -OCH3 is 2. The molecule has 0 bridgehead atoms. The van der Waals surface area contributed by atoms with Gasteiger partial charge in [0.15, 0.2) is 11.5 Å². The molecule has 1 amide bonds. The summed E-state index contributed by atoms with van der Waals surface area (Å²) in [4.78, 5) is 14.3. The van der Waals surface area contributed by atoms with E-state index in [1.54, 1.807) is 14.2 Å². The highest BCUT2D eigenvalue weighted by atomic mass is 35.5. The highest BCUT2D eigenvalue weighted by molar-refractivity contribution is 6.30. The Morgan fingerprint density at radius 3 is 2.58 bits per heavy atom. The standard InChI is InChI=1S/C20H25ClN2O3/c1-14(15-7-5-9-17(21)11-15)22-19(24)13-23(2)12-16-8-6-10-18(25-3)20(16)26-4/h5-11,14H,12-13H2,1-4H3,(H,22,24). The number of halogens is 1. The van der Waals surface area contributed by atoms with Crippen LogP contribution >= 0.6 is 11.6 Å². The number of likely N-dealkylation sites (N-methyl/N-ethyl adjacent to an activating group) is 1. The smallest absolute Gasteiger partial charge is 0.234 e. The van der Waals surface area contributed by atoms with Crippen LogP contribution in [0.5, 0.6) is 11.5 Å². The van der Waals surface area contributed by atoms with E-state index in [1.807, 2.05) is 61.3 Å². The minimum absolute atomic E-state index is 0.0539. The maximum Gasteiger partial charge on any atom is 0.234 e. The maximum atomic E-state index is 12.3. The van der Waals surface area contributed by atoms with Crippen molar-refractivity contribution in [2.45, 2.75) is 19.5 Å². The number of ether oxygens (including phenoxy) is 2. The summed E-state index contributed by atoms with van der Waals surface area (Å²) in [5, 5.41) is 3.65. The lowest BCUT2D eigenvalue weighted by molar-refractivity contribution is -0.122. The molecule has 0 aliphatic carbocycles. The van der Waals surface area contributed by atoms with Crippen LogP contribution in [0.4, 0.5) is 0 Å². The van der Waals surface area contributed by atoms with Gasteiger partial charge in [0.25, 0.3) is 0 Å². The summed E-state index contributed by atoms with van der Waals surface area (Å²) >= 11 is 6.01. The average molecular weight is 377 g/mol. The predicted molar refractivity (Wildman–Crippen MR) is 104 cm³/mol. The molecule has 1 unspecified atom stereocenters. The van der Waals surface area contributed by atoms with Crippen LogP contribution in [-0.2, 0) is 11.3 Å². The molecule has 1 atom stereocenters. The molecule has 0 saturated heterocycles. The summed E-state index contributed by atoms with van der Waals surface area (Å²) in [6, 6.07) is 13.1. The summed E-state index contributed by atoms with van der Waals surface area (Å²) < 4.78 is 10.8. The topological polar surface area (TPSA) is 50.8 Å². The van der Waals surface area contributed by atoms with Gasteiger partial charge >= 0.3 is 0 Å². The lowest BCUT2D eigenvalue weighted by Crippen LogP contribution is -2.36. The fourth-order valence-electron chi connectivity index (χ4n) is 2.82. The number of amides is 1. The highest BCUT2D eigenvalue weighted by Gasteiger charge is 2.15. The number of nitrogens with one attached hydrogen (secondary N) is 1. The van der Waals surface area contributed by atoms with Gasteiger partial charge in [-0.25, -0.2) is 0 Å². The first-order chi connectivity index (χ1) is 12.4. The van der Waals surface area contributed by atoms with Gasteiger partial charge in [-0.3, -0.25) is 9.69 Å². The van der Waals surface area contributed by atoms with Crippen molar-refractivity contribution in [3.05, 3.63) is 58.6 Å². The van der Waals surface area contributed by atoms with Crippen LogP contribution in [0.2, 0.25) is 5.02 Å². The van der Waals surface area contributed by atoms with E-state index < -0.39 is 0 Å². The van der Waals surface area contributed by atoms with Gasteiger partial charge in [0.2, 0.25) is 5.91 Å². The van der Waals surface area contributed by atoms with Crippen LogP contribution in [0.3, 0.4) is 0 Å². The minimum atomic E-state index is -0.110. The van der Waals surface area contributed by atoms with E-state index in [0.29, 0.717) is 23.1 Å². The van der Waals surface area contributed by atoms with Gasteiger partial charge in [-0.1, -0.05) is 35.9 Å². The third kappa shape index (κ3) is 5.38. The second-order valence-electron chi connectivity index (χ2n) is 6.17. The van der Waals surface area contributed by atoms with Gasteiger partial charge < -0.3 is 14.8 Å². The van der Waals surface area contributed by atoms with Gasteiger partial charge in [-0.2, -0.15) is 0 Å². The third-order valence-corrected chi connectivity index (χ3v) is 4.30. The quantitative estimate of drug-likeness (QED) is 0.763. The zero-order valence-corrected chi connectivity index (χ0v) is 16.3. The molecule has 140 valence electrons. The number of carbonyl (C=O) groups is 1. The van der Waals surface area contributed by atoms with Crippen molar-refractivity contribution in [2.75, 3.05) is 27.8 Å².